The summed E-state index contributed by atoms with van der Waals surface area (Å²) >= 11 is 0. The second-order valence-electron chi connectivity index (χ2n) is 12.1. The predicted molar refractivity (Wildman–Crippen MR) is 109 cm³/mol. The van der Waals surface area contributed by atoms with Crippen LogP contribution in [0.2, 0.25) is 0 Å². The van der Waals surface area contributed by atoms with Crippen molar-refractivity contribution < 1.29 is 50.5 Å². The predicted octanol–water partition coefficient (Wildman–Crippen LogP) is 5.05. The molecule has 4 rings (SSSR count). The summed E-state index contributed by atoms with van der Waals surface area (Å²) in [7, 11) is 0. The van der Waals surface area contributed by atoms with Gasteiger partial charge in [-0.2, -0.15) is 26.3 Å². The molecule has 0 aromatic carbocycles. The summed E-state index contributed by atoms with van der Waals surface area (Å²) in [6, 6.07) is 0. The molecule has 4 aliphatic carbocycles. The molecular weight excluding hydrogens is 482 g/mol. The van der Waals surface area contributed by atoms with Crippen LogP contribution in [-0.4, -0.2) is 47.2 Å². The lowest BCUT2D eigenvalue weighted by Gasteiger charge is -2.45. The Balaban J connectivity index is 1.68. The molecule has 0 heterocycles. The zero-order valence-electron chi connectivity index (χ0n) is 20.3. The molecule has 11 heteroatoms. The van der Waals surface area contributed by atoms with Crippen LogP contribution in [0.1, 0.15) is 60.3 Å². The monoisotopic (exact) mass is 514 g/mol. The minimum absolute atomic E-state index is 0.0265. The summed E-state index contributed by atoms with van der Waals surface area (Å²) in [4.78, 5) is 26.1. The van der Waals surface area contributed by atoms with Gasteiger partial charge in [0.25, 0.3) is 0 Å². The number of fused-ring (bicyclic) bond motifs is 4. The van der Waals surface area contributed by atoms with E-state index in [9.17, 15) is 41.0 Å². The lowest BCUT2D eigenvalue weighted by molar-refractivity contribution is -0.278. The van der Waals surface area contributed by atoms with Gasteiger partial charge in [0.05, 0.1) is 6.10 Å². The van der Waals surface area contributed by atoms with E-state index in [-0.39, 0.29) is 24.7 Å². The quantitative estimate of drug-likeness (QED) is 0.422. The largest absolute Gasteiger partial charge is 0.459 e. The molecular formula is C24H32F6O5. The molecule has 4 saturated carbocycles. The van der Waals surface area contributed by atoms with E-state index >= 15 is 0 Å². The molecule has 10 unspecified atom stereocenters. The van der Waals surface area contributed by atoms with E-state index in [4.69, 9.17) is 9.47 Å². The first-order valence-electron chi connectivity index (χ1n) is 12.0. The summed E-state index contributed by atoms with van der Waals surface area (Å²) in [5.74, 6) is -7.87. The molecule has 10 atom stereocenters. The molecule has 0 amide bonds. The van der Waals surface area contributed by atoms with Crippen molar-refractivity contribution >= 4 is 11.9 Å². The number of hydrogen-bond acceptors (Lipinski definition) is 5. The van der Waals surface area contributed by atoms with Gasteiger partial charge in [-0.1, -0.05) is 13.8 Å². The van der Waals surface area contributed by atoms with Crippen molar-refractivity contribution in [3.63, 3.8) is 0 Å². The van der Waals surface area contributed by atoms with Crippen molar-refractivity contribution in [1.82, 2.24) is 0 Å². The maximum Gasteiger partial charge on any atom is 0.405 e. The van der Waals surface area contributed by atoms with Crippen LogP contribution in [-0.2, 0) is 19.1 Å². The fourth-order valence-corrected chi connectivity index (χ4v) is 7.49. The van der Waals surface area contributed by atoms with Crippen molar-refractivity contribution in [2.45, 2.75) is 90.5 Å². The number of aliphatic hydroxyl groups excluding tert-OH is 1. The van der Waals surface area contributed by atoms with Crippen LogP contribution in [0.5, 0.6) is 0 Å². The first-order chi connectivity index (χ1) is 15.8. The number of rotatable bonds is 3. The summed E-state index contributed by atoms with van der Waals surface area (Å²) in [5.41, 5.74) is -7.16. The molecule has 4 bridgehead atoms. The van der Waals surface area contributed by atoms with Crippen molar-refractivity contribution in [1.29, 1.82) is 0 Å². The highest BCUT2D eigenvalue weighted by Gasteiger charge is 2.78. The van der Waals surface area contributed by atoms with Crippen LogP contribution in [0.25, 0.3) is 0 Å². The van der Waals surface area contributed by atoms with Crippen molar-refractivity contribution in [3.05, 3.63) is 0 Å². The normalized spacial score (nSPS) is 45.1. The first kappa shape index (κ1) is 26.5. The lowest BCUT2D eigenvalue weighted by Crippen LogP contribution is -2.59. The standard InChI is InChI=1S/C24H32F6O5/c1-10-11(2)14-6-12(10)8-21(14,23(25,26)27)18(32)34-17-15-7-13(16(17)31)9-22(15,24(28,29)30)19(33)35-20(3,4)5/h10-17,31H,6-9H2,1-5H3. The molecule has 4 aliphatic rings. The second kappa shape index (κ2) is 7.74. The Bertz CT molecular complexity index is 892. The van der Waals surface area contributed by atoms with E-state index in [1.54, 1.807) is 6.92 Å². The van der Waals surface area contributed by atoms with Crippen LogP contribution in [0.15, 0.2) is 0 Å². The summed E-state index contributed by atoms with van der Waals surface area (Å²) in [5, 5.41) is 10.6. The number of ether oxygens (including phenoxy) is 2. The molecule has 4 fully saturated rings. The Morgan fingerprint density at radius 3 is 1.71 bits per heavy atom. The van der Waals surface area contributed by atoms with Crippen LogP contribution >= 0.6 is 0 Å². The highest BCUT2D eigenvalue weighted by atomic mass is 19.4. The van der Waals surface area contributed by atoms with E-state index < -0.39 is 89.4 Å². The van der Waals surface area contributed by atoms with Crippen LogP contribution in [0.3, 0.4) is 0 Å². The van der Waals surface area contributed by atoms with Gasteiger partial charge >= 0.3 is 24.3 Å². The lowest BCUT2D eigenvalue weighted by atomic mass is 9.65. The number of esters is 2. The second-order valence-corrected chi connectivity index (χ2v) is 12.1. The van der Waals surface area contributed by atoms with Gasteiger partial charge in [-0.15, -0.1) is 0 Å². The average molecular weight is 515 g/mol. The third-order valence-electron chi connectivity index (χ3n) is 9.35. The minimum atomic E-state index is -5.11. The number of carbonyl (C=O) groups is 2. The summed E-state index contributed by atoms with van der Waals surface area (Å²) in [6.07, 6.45) is -14.9. The molecule has 1 N–H and O–H groups in total. The van der Waals surface area contributed by atoms with Gasteiger partial charge < -0.3 is 14.6 Å². The third-order valence-corrected chi connectivity index (χ3v) is 9.35. The zero-order chi connectivity index (χ0) is 26.5. The number of alkyl halides is 6. The highest BCUT2D eigenvalue weighted by molar-refractivity contribution is 5.81. The maximum absolute atomic E-state index is 14.4. The molecule has 0 aliphatic heterocycles. The molecule has 0 spiro atoms. The van der Waals surface area contributed by atoms with Crippen LogP contribution in [0, 0.1) is 46.3 Å². The third kappa shape index (κ3) is 3.61. The number of halogens is 6. The topological polar surface area (TPSA) is 72.8 Å². The van der Waals surface area contributed by atoms with Crippen molar-refractivity contribution in [3.8, 4) is 0 Å². The van der Waals surface area contributed by atoms with E-state index in [0.29, 0.717) is 0 Å². The Morgan fingerprint density at radius 2 is 1.29 bits per heavy atom. The van der Waals surface area contributed by atoms with Gasteiger partial charge in [0.15, 0.2) is 10.8 Å². The molecule has 5 nitrogen and oxygen atoms in total. The molecule has 0 aromatic rings. The zero-order valence-corrected chi connectivity index (χ0v) is 20.3. The summed E-state index contributed by atoms with van der Waals surface area (Å²) in [6.45, 7) is 7.68. The number of aliphatic hydroxyl groups is 1. The van der Waals surface area contributed by atoms with Crippen molar-refractivity contribution in [2.24, 2.45) is 46.3 Å². The molecule has 0 radical (unpaired) electrons. The fraction of sp³-hybridized carbons (Fsp3) is 0.917. The van der Waals surface area contributed by atoms with Gasteiger partial charge in [0.2, 0.25) is 0 Å². The average Bonchev–Trinajstić information content (AvgIpc) is 3.40. The van der Waals surface area contributed by atoms with Gasteiger partial charge in [-0.25, -0.2) is 0 Å². The molecule has 0 saturated heterocycles. The Kier molecular flexibility index (Phi) is 5.87. The number of carbonyl (C=O) groups excluding carboxylic acids is 2. The molecule has 200 valence electrons. The van der Waals surface area contributed by atoms with E-state index in [2.05, 4.69) is 0 Å². The SMILES string of the molecule is CC1C2CC(C1C)C(C(=O)OC1C(O)C3CC1C(C(=O)OC(C)(C)C)(C(F)(F)F)C3)(C(F)(F)F)C2. The van der Waals surface area contributed by atoms with E-state index in [0.717, 1.165) is 0 Å². The fourth-order valence-electron chi connectivity index (χ4n) is 7.49. The van der Waals surface area contributed by atoms with Crippen LogP contribution < -0.4 is 0 Å². The Labute approximate surface area is 199 Å². The highest BCUT2D eigenvalue weighted by Crippen LogP contribution is 2.68. The van der Waals surface area contributed by atoms with E-state index in [1.807, 2.05) is 6.92 Å². The maximum atomic E-state index is 14.4. The van der Waals surface area contributed by atoms with E-state index in [1.165, 1.54) is 20.8 Å². The van der Waals surface area contributed by atoms with Gasteiger partial charge in [-0.05, 0) is 76.0 Å². The summed E-state index contributed by atoms with van der Waals surface area (Å²) < 4.78 is 96.8. The van der Waals surface area contributed by atoms with Gasteiger partial charge in [-0.3, -0.25) is 9.59 Å². The number of hydrogen-bond donors (Lipinski definition) is 1. The molecule has 0 aromatic heterocycles. The minimum Gasteiger partial charge on any atom is -0.459 e. The van der Waals surface area contributed by atoms with Crippen LogP contribution in [0.4, 0.5) is 26.3 Å². The Morgan fingerprint density at radius 1 is 0.800 bits per heavy atom. The van der Waals surface area contributed by atoms with Gasteiger partial charge in [0.1, 0.15) is 11.7 Å². The Hall–Kier alpha value is -1.52. The smallest absolute Gasteiger partial charge is 0.405 e. The van der Waals surface area contributed by atoms with Crippen molar-refractivity contribution in [2.75, 3.05) is 0 Å². The van der Waals surface area contributed by atoms with Gasteiger partial charge in [0, 0.05) is 5.92 Å². The first-order valence-corrected chi connectivity index (χ1v) is 12.0. The molecule has 35 heavy (non-hydrogen) atoms.